The number of rotatable bonds is 12. The van der Waals surface area contributed by atoms with Crippen LogP contribution in [0, 0.1) is 6.92 Å². The van der Waals surface area contributed by atoms with Gasteiger partial charge >= 0.3 is 0 Å². The first-order valence-electron chi connectivity index (χ1n) is 14.9. The number of allylic oxidation sites excluding steroid dienone is 5. The van der Waals surface area contributed by atoms with Gasteiger partial charge < -0.3 is 0 Å². The van der Waals surface area contributed by atoms with Crippen molar-refractivity contribution in [1.82, 2.24) is 4.98 Å². The van der Waals surface area contributed by atoms with Crippen LogP contribution in [0.15, 0.2) is 148 Å². The zero-order valence-corrected chi connectivity index (χ0v) is 26.3. The molecule has 0 fully saturated rings. The van der Waals surface area contributed by atoms with Crippen molar-refractivity contribution in [1.29, 1.82) is 0 Å². The van der Waals surface area contributed by atoms with E-state index < -0.39 is 0 Å². The Hall–Kier alpha value is -5.55. The van der Waals surface area contributed by atoms with Crippen LogP contribution in [0.5, 0.6) is 0 Å². The Morgan fingerprint density at radius 1 is 0.911 bits per heavy atom. The predicted molar refractivity (Wildman–Crippen MR) is 195 cm³/mol. The molecule has 0 N–H and O–H groups in total. The Morgan fingerprint density at radius 3 is 2.33 bits per heavy atom. The summed E-state index contributed by atoms with van der Waals surface area (Å²) in [6.45, 7) is 18.0. The summed E-state index contributed by atoms with van der Waals surface area (Å²) in [7, 11) is 0. The zero-order chi connectivity index (χ0) is 32.0. The second kappa shape index (κ2) is 16.3. The van der Waals surface area contributed by atoms with Crippen molar-refractivity contribution < 1.29 is 0 Å². The van der Waals surface area contributed by atoms with Gasteiger partial charge in [0.2, 0.25) is 0 Å². The molecule has 0 saturated carbocycles. The van der Waals surface area contributed by atoms with Gasteiger partial charge in [0.25, 0.3) is 0 Å². The van der Waals surface area contributed by atoms with Crippen LogP contribution in [0.1, 0.15) is 42.7 Å². The fraction of sp³-hybridized carbons (Fsp3) is 0.125. The standard InChI is InChI=1S/C40H39N5/c1-7-9-12-15-33-22-25-38(45-39(33)28-41-6)34-20-18-32(19-21-34)36-23-24-37(29(3)27-36)43-30(4)31(5)44-40(42-26-10-8-2)35-16-13-11-14-17-35/h7-8,10-27H,1,5-6,9,28H2,2-4H3/b10-8+,15-12-,42-26+,43-30+,44-40-. The third kappa shape index (κ3) is 8.97. The first kappa shape index (κ1) is 32.4. The maximum Gasteiger partial charge on any atom is 0.159 e. The zero-order valence-electron chi connectivity index (χ0n) is 26.3. The summed E-state index contributed by atoms with van der Waals surface area (Å²) < 4.78 is 0. The van der Waals surface area contributed by atoms with E-state index in [1.165, 1.54) is 0 Å². The molecule has 0 aliphatic heterocycles. The molecule has 224 valence electrons. The van der Waals surface area contributed by atoms with E-state index in [-0.39, 0.29) is 0 Å². The summed E-state index contributed by atoms with van der Waals surface area (Å²) in [4.78, 5) is 23.1. The molecule has 4 rings (SSSR count). The van der Waals surface area contributed by atoms with E-state index in [0.29, 0.717) is 18.1 Å². The molecule has 3 aromatic carbocycles. The van der Waals surface area contributed by atoms with E-state index in [0.717, 1.165) is 62.6 Å². The molecule has 0 spiro atoms. The van der Waals surface area contributed by atoms with Crippen LogP contribution in [0.4, 0.5) is 5.69 Å². The fourth-order valence-corrected chi connectivity index (χ4v) is 4.55. The monoisotopic (exact) mass is 589 g/mol. The summed E-state index contributed by atoms with van der Waals surface area (Å²) >= 11 is 0. The van der Waals surface area contributed by atoms with Crippen molar-refractivity contribution in [2.75, 3.05) is 0 Å². The van der Waals surface area contributed by atoms with Crippen LogP contribution in [0.3, 0.4) is 0 Å². The van der Waals surface area contributed by atoms with Crippen molar-refractivity contribution in [2.24, 2.45) is 20.0 Å². The highest BCUT2D eigenvalue weighted by molar-refractivity contribution is 6.08. The number of hydrogen-bond acceptors (Lipinski definition) is 4. The minimum atomic E-state index is 0.464. The van der Waals surface area contributed by atoms with Gasteiger partial charge in [-0.3, -0.25) is 15.0 Å². The van der Waals surface area contributed by atoms with Crippen LogP contribution >= 0.6 is 0 Å². The molecular formula is C40H39N5. The first-order valence-corrected chi connectivity index (χ1v) is 14.9. The molecule has 1 heterocycles. The third-order valence-electron chi connectivity index (χ3n) is 7.04. The van der Waals surface area contributed by atoms with Crippen molar-refractivity contribution in [3.8, 4) is 22.4 Å². The average molecular weight is 590 g/mol. The number of aromatic nitrogens is 1. The molecule has 5 nitrogen and oxygen atoms in total. The Bertz CT molecular complexity index is 1800. The molecular weight excluding hydrogens is 550 g/mol. The normalized spacial score (nSPS) is 12.3. The second-order valence-corrected chi connectivity index (χ2v) is 10.4. The lowest BCUT2D eigenvalue weighted by molar-refractivity contribution is 0.996. The Labute approximate surface area is 267 Å². The summed E-state index contributed by atoms with van der Waals surface area (Å²) in [5, 5.41) is 0. The molecule has 0 unspecified atom stereocenters. The average Bonchev–Trinajstić information content (AvgIpc) is 3.06. The predicted octanol–water partition coefficient (Wildman–Crippen LogP) is 10.2. The number of benzene rings is 3. The third-order valence-corrected chi connectivity index (χ3v) is 7.04. The largest absolute Gasteiger partial charge is 0.295 e. The molecule has 0 aliphatic carbocycles. The van der Waals surface area contributed by atoms with E-state index in [1.807, 2.05) is 74.5 Å². The quantitative estimate of drug-likeness (QED) is 0.0921. The molecule has 1 aromatic heterocycles. The van der Waals surface area contributed by atoms with Crippen molar-refractivity contribution in [2.45, 2.75) is 33.7 Å². The molecule has 45 heavy (non-hydrogen) atoms. The Morgan fingerprint density at radius 2 is 1.64 bits per heavy atom. The van der Waals surface area contributed by atoms with Gasteiger partial charge in [-0.05, 0) is 80.4 Å². The smallest absolute Gasteiger partial charge is 0.159 e. The molecule has 5 heteroatoms. The van der Waals surface area contributed by atoms with Crippen LogP contribution in [0.2, 0.25) is 0 Å². The molecule has 4 aromatic rings. The van der Waals surface area contributed by atoms with E-state index in [9.17, 15) is 0 Å². The van der Waals surface area contributed by atoms with Gasteiger partial charge in [0.05, 0.1) is 35.0 Å². The van der Waals surface area contributed by atoms with E-state index in [2.05, 4.69) is 91.4 Å². The topological polar surface area (TPSA) is 62.3 Å². The minimum absolute atomic E-state index is 0.464. The number of amidine groups is 1. The van der Waals surface area contributed by atoms with Crippen molar-refractivity contribution in [3.63, 3.8) is 0 Å². The number of aliphatic imine (C=N–C) groups is 4. The number of pyridine rings is 1. The Balaban J connectivity index is 1.54. The van der Waals surface area contributed by atoms with Crippen LogP contribution in [0.25, 0.3) is 28.5 Å². The number of nitrogens with zero attached hydrogens (tertiary/aromatic N) is 5. The van der Waals surface area contributed by atoms with Crippen molar-refractivity contribution >= 4 is 36.2 Å². The molecule has 0 amide bonds. The van der Waals surface area contributed by atoms with Crippen LogP contribution in [-0.2, 0) is 6.54 Å². The molecule has 0 bridgehead atoms. The van der Waals surface area contributed by atoms with Gasteiger partial charge in [-0.25, -0.2) is 9.98 Å². The van der Waals surface area contributed by atoms with Gasteiger partial charge in [-0.15, -0.1) is 6.58 Å². The maximum absolute atomic E-state index is 4.88. The second-order valence-electron chi connectivity index (χ2n) is 10.4. The van der Waals surface area contributed by atoms with Crippen LogP contribution in [-0.4, -0.2) is 29.5 Å². The van der Waals surface area contributed by atoms with E-state index in [4.69, 9.17) is 15.0 Å². The first-order chi connectivity index (χ1) is 21.9. The van der Waals surface area contributed by atoms with Crippen LogP contribution < -0.4 is 0 Å². The minimum Gasteiger partial charge on any atom is -0.295 e. The van der Waals surface area contributed by atoms with E-state index in [1.54, 1.807) is 6.21 Å². The van der Waals surface area contributed by atoms with Gasteiger partial charge in [0.15, 0.2) is 5.84 Å². The molecule has 0 aliphatic rings. The maximum atomic E-state index is 4.88. The van der Waals surface area contributed by atoms with Gasteiger partial charge in [0, 0.05) is 17.3 Å². The molecule has 0 saturated heterocycles. The number of hydrogen-bond donors (Lipinski definition) is 0. The summed E-state index contributed by atoms with van der Waals surface area (Å²) in [6.07, 6.45) is 12.3. The lowest BCUT2D eigenvalue weighted by atomic mass is 10.00. The molecule has 0 atom stereocenters. The van der Waals surface area contributed by atoms with E-state index >= 15 is 0 Å². The van der Waals surface area contributed by atoms with Crippen molar-refractivity contribution in [3.05, 3.63) is 150 Å². The Kier molecular flexibility index (Phi) is 11.8. The SMILES string of the molecule is C=CC/C=C\c1ccc(-c2ccc(-c3ccc(/N=C(\C)C(=C)\N=C(/N=C/C=C/C)c4ccccc4)c(C)c3)cc2)nc1CN=C. The highest BCUT2D eigenvalue weighted by atomic mass is 14.9. The highest BCUT2D eigenvalue weighted by Crippen LogP contribution is 2.29. The lowest BCUT2D eigenvalue weighted by Crippen LogP contribution is -2.02. The van der Waals surface area contributed by atoms with Gasteiger partial charge in [0.1, 0.15) is 0 Å². The molecule has 0 radical (unpaired) electrons. The van der Waals surface area contributed by atoms with Gasteiger partial charge in [-0.2, -0.15) is 0 Å². The highest BCUT2D eigenvalue weighted by Gasteiger charge is 2.09. The summed E-state index contributed by atoms with van der Waals surface area (Å²) in [5.74, 6) is 0.587. The van der Waals surface area contributed by atoms with Gasteiger partial charge in [-0.1, -0.05) is 97.6 Å². The fourth-order valence-electron chi connectivity index (χ4n) is 4.55. The lowest BCUT2D eigenvalue weighted by Gasteiger charge is -2.10. The number of aryl methyl sites for hydroxylation is 1. The summed E-state index contributed by atoms with van der Waals surface area (Å²) in [6, 6.07) is 28.7. The summed E-state index contributed by atoms with van der Waals surface area (Å²) in [5.41, 5.74) is 10.3.